The minimum Gasteiger partial charge on any atom is -0.508 e. The summed E-state index contributed by atoms with van der Waals surface area (Å²) in [4.78, 5) is 39.4. The highest BCUT2D eigenvalue weighted by atomic mass is 35.5. The number of amides is 2. The van der Waals surface area contributed by atoms with E-state index < -0.39 is 35.3 Å². The highest BCUT2D eigenvalue weighted by molar-refractivity contribution is 6.31. The second-order valence-electron chi connectivity index (χ2n) is 9.85. The van der Waals surface area contributed by atoms with Gasteiger partial charge in [-0.15, -0.1) is 0 Å². The van der Waals surface area contributed by atoms with Gasteiger partial charge in [0.2, 0.25) is 11.7 Å². The SMILES string of the molecule is Cc1c(F)ccc(F)c1-c1c(C(=O)N[C@@H](CC(N)=O)C2=CC(Cl)=CCC2C)cn(C)c1C(=O)c1ccc(O)cc1. The summed E-state index contributed by atoms with van der Waals surface area (Å²) in [7, 11) is 1.51. The molecule has 4 N–H and O–H groups in total. The number of halogens is 3. The number of carbonyl (C=O) groups is 3. The van der Waals surface area contributed by atoms with Crippen LogP contribution in [-0.4, -0.2) is 33.3 Å². The third kappa shape index (κ3) is 5.70. The maximum absolute atomic E-state index is 15.3. The minimum atomic E-state index is -0.829. The molecule has 1 heterocycles. The number of phenolic OH excluding ortho intramolecular Hbond substituents is 1. The Morgan fingerprint density at radius 3 is 2.42 bits per heavy atom. The molecule has 0 fully saturated rings. The van der Waals surface area contributed by atoms with Gasteiger partial charge in [-0.1, -0.05) is 24.6 Å². The largest absolute Gasteiger partial charge is 0.508 e. The summed E-state index contributed by atoms with van der Waals surface area (Å²) in [5, 5.41) is 12.9. The number of ketones is 1. The molecule has 40 heavy (non-hydrogen) atoms. The summed E-state index contributed by atoms with van der Waals surface area (Å²) < 4.78 is 31.4. The van der Waals surface area contributed by atoms with Crippen molar-refractivity contribution in [2.24, 2.45) is 18.7 Å². The summed E-state index contributed by atoms with van der Waals surface area (Å²) in [6, 6.07) is 6.50. The number of phenols is 1. The van der Waals surface area contributed by atoms with Crippen LogP contribution in [0, 0.1) is 24.5 Å². The Hall–Kier alpha value is -4.24. The highest BCUT2D eigenvalue weighted by Gasteiger charge is 2.32. The lowest BCUT2D eigenvalue weighted by molar-refractivity contribution is -0.118. The quantitative estimate of drug-likeness (QED) is 0.321. The predicted molar refractivity (Wildman–Crippen MR) is 148 cm³/mol. The van der Waals surface area contributed by atoms with Crippen molar-refractivity contribution in [3.8, 4) is 16.9 Å². The summed E-state index contributed by atoms with van der Waals surface area (Å²) in [5.74, 6) is -3.61. The number of nitrogens with two attached hydrogens (primary N) is 1. The number of hydrogen-bond acceptors (Lipinski definition) is 4. The van der Waals surface area contributed by atoms with Gasteiger partial charge in [-0.05, 0) is 72.9 Å². The zero-order valence-electron chi connectivity index (χ0n) is 22.1. The Kier molecular flexibility index (Phi) is 8.25. The number of nitrogens with one attached hydrogen (secondary N) is 1. The van der Waals surface area contributed by atoms with Gasteiger partial charge < -0.3 is 20.7 Å². The Morgan fingerprint density at radius 2 is 1.77 bits per heavy atom. The zero-order valence-corrected chi connectivity index (χ0v) is 22.9. The van der Waals surface area contributed by atoms with Gasteiger partial charge in [0.05, 0.1) is 23.7 Å². The van der Waals surface area contributed by atoms with Gasteiger partial charge in [0, 0.05) is 35.0 Å². The van der Waals surface area contributed by atoms with Gasteiger partial charge in [-0.3, -0.25) is 14.4 Å². The van der Waals surface area contributed by atoms with E-state index in [-0.39, 0.29) is 51.6 Å². The second-order valence-corrected chi connectivity index (χ2v) is 10.3. The van der Waals surface area contributed by atoms with Gasteiger partial charge in [0.15, 0.2) is 0 Å². The molecule has 1 aliphatic carbocycles. The van der Waals surface area contributed by atoms with Crippen LogP contribution >= 0.6 is 11.6 Å². The van der Waals surface area contributed by atoms with Crippen LogP contribution in [0.15, 0.2) is 65.4 Å². The van der Waals surface area contributed by atoms with E-state index in [0.29, 0.717) is 17.0 Å². The Labute approximate surface area is 234 Å². The molecule has 0 saturated carbocycles. The van der Waals surface area contributed by atoms with Crippen molar-refractivity contribution in [3.05, 3.63) is 99.4 Å². The van der Waals surface area contributed by atoms with Crippen molar-refractivity contribution in [2.75, 3.05) is 0 Å². The standard InChI is InChI=1S/C30H28ClF2N3O4/c1-15-4-7-18(31)12-20(15)24(13-25(34)38)35-30(40)21-14-36(3)28(29(39)17-5-8-19(37)9-6-17)27(21)26-16(2)22(32)10-11-23(26)33/h5-12,14-15,24,37H,4,13H2,1-3H3,(H2,34,38)(H,35,40)/t15?,24-/m0/s1. The fourth-order valence-electron chi connectivity index (χ4n) is 4.95. The van der Waals surface area contributed by atoms with Crippen molar-refractivity contribution in [3.63, 3.8) is 0 Å². The lowest BCUT2D eigenvalue weighted by Gasteiger charge is -2.27. The van der Waals surface area contributed by atoms with Crippen LogP contribution in [0.3, 0.4) is 0 Å². The van der Waals surface area contributed by atoms with Gasteiger partial charge in [-0.25, -0.2) is 8.78 Å². The molecular weight excluding hydrogens is 540 g/mol. The molecule has 0 bridgehead atoms. The number of aromatic nitrogens is 1. The lowest BCUT2D eigenvalue weighted by Crippen LogP contribution is -2.41. The predicted octanol–water partition coefficient (Wildman–Crippen LogP) is 5.28. The Balaban J connectivity index is 1.89. The summed E-state index contributed by atoms with van der Waals surface area (Å²) in [6.07, 6.45) is 5.22. The number of rotatable bonds is 8. The van der Waals surface area contributed by atoms with Crippen molar-refractivity contribution >= 4 is 29.2 Å². The molecule has 4 rings (SSSR count). The first kappa shape index (κ1) is 28.8. The first-order chi connectivity index (χ1) is 18.9. The number of benzene rings is 2. The third-order valence-corrected chi connectivity index (χ3v) is 7.29. The molecule has 0 radical (unpaired) electrons. The van der Waals surface area contributed by atoms with Crippen LogP contribution in [-0.2, 0) is 11.8 Å². The Morgan fingerprint density at radius 1 is 1.12 bits per heavy atom. The molecule has 7 nitrogen and oxygen atoms in total. The van der Waals surface area contributed by atoms with Crippen LogP contribution < -0.4 is 11.1 Å². The molecule has 208 valence electrons. The van der Waals surface area contributed by atoms with Crippen LogP contribution in [0.5, 0.6) is 5.75 Å². The zero-order chi connectivity index (χ0) is 29.3. The van der Waals surface area contributed by atoms with Gasteiger partial charge in [-0.2, -0.15) is 0 Å². The van der Waals surface area contributed by atoms with Crippen molar-refractivity contribution in [1.29, 1.82) is 0 Å². The maximum atomic E-state index is 15.3. The average Bonchev–Trinajstić information content (AvgIpc) is 3.24. The third-order valence-electron chi connectivity index (χ3n) is 7.02. The molecule has 1 aromatic heterocycles. The summed E-state index contributed by atoms with van der Waals surface area (Å²) in [6.45, 7) is 3.27. The first-order valence-electron chi connectivity index (χ1n) is 12.5. The van der Waals surface area contributed by atoms with E-state index in [2.05, 4.69) is 5.32 Å². The topological polar surface area (TPSA) is 114 Å². The molecule has 1 aliphatic rings. The van der Waals surface area contributed by atoms with E-state index in [1.165, 1.54) is 49.0 Å². The molecule has 2 aromatic carbocycles. The smallest absolute Gasteiger partial charge is 0.253 e. The maximum Gasteiger partial charge on any atom is 0.253 e. The monoisotopic (exact) mass is 567 g/mol. The van der Waals surface area contributed by atoms with Crippen molar-refractivity contribution in [2.45, 2.75) is 32.7 Å². The number of carbonyl (C=O) groups excluding carboxylic acids is 3. The molecular formula is C30H28ClF2N3O4. The molecule has 2 amide bonds. The number of primary amides is 1. The summed E-state index contributed by atoms with van der Waals surface area (Å²) in [5.41, 5.74) is 5.75. The second kappa shape index (κ2) is 11.5. The Bertz CT molecular complexity index is 1570. The fourth-order valence-corrected chi connectivity index (χ4v) is 5.17. The van der Waals surface area contributed by atoms with Crippen LogP contribution in [0.4, 0.5) is 8.78 Å². The number of aryl methyl sites for hydroxylation is 1. The number of aromatic hydroxyl groups is 1. The molecule has 1 unspecified atom stereocenters. The van der Waals surface area contributed by atoms with Crippen LogP contribution in [0.25, 0.3) is 11.1 Å². The first-order valence-corrected chi connectivity index (χ1v) is 12.9. The number of nitrogens with zero attached hydrogens (tertiary/aromatic N) is 1. The molecule has 0 aliphatic heterocycles. The van der Waals surface area contributed by atoms with Crippen LogP contribution in [0.1, 0.15) is 51.7 Å². The normalized spacial score (nSPS) is 15.7. The minimum absolute atomic E-state index is 0.0579. The summed E-state index contributed by atoms with van der Waals surface area (Å²) >= 11 is 6.21. The van der Waals surface area contributed by atoms with Crippen molar-refractivity contribution < 1.29 is 28.3 Å². The molecule has 10 heteroatoms. The van der Waals surface area contributed by atoms with Crippen LogP contribution in [0.2, 0.25) is 0 Å². The number of allylic oxidation sites excluding steroid dienone is 3. The van der Waals surface area contributed by atoms with E-state index in [4.69, 9.17) is 17.3 Å². The molecule has 3 aromatic rings. The van der Waals surface area contributed by atoms with E-state index in [1.807, 2.05) is 13.0 Å². The highest BCUT2D eigenvalue weighted by Crippen LogP contribution is 2.37. The van der Waals surface area contributed by atoms with E-state index >= 15 is 4.39 Å². The lowest BCUT2D eigenvalue weighted by atomic mass is 9.86. The van der Waals surface area contributed by atoms with E-state index in [0.717, 1.165) is 12.1 Å². The molecule has 0 spiro atoms. The van der Waals surface area contributed by atoms with Gasteiger partial charge >= 0.3 is 0 Å². The number of hydrogen-bond donors (Lipinski definition) is 3. The average molecular weight is 568 g/mol. The van der Waals surface area contributed by atoms with E-state index in [9.17, 15) is 23.9 Å². The van der Waals surface area contributed by atoms with Gasteiger partial charge in [0.25, 0.3) is 5.91 Å². The van der Waals surface area contributed by atoms with E-state index in [1.54, 1.807) is 6.08 Å². The molecule has 2 atom stereocenters. The molecule has 0 saturated heterocycles. The van der Waals surface area contributed by atoms with Gasteiger partial charge in [0.1, 0.15) is 17.4 Å². The van der Waals surface area contributed by atoms with Crippen molar-refractivity contribution in [1.82, 2.24) is 9.88 Å². The fraction of sp³-hybridized carbons (Fsp3) is 0.233.